The maximum Gasteiger partial charge on any atom is 0.268 e. The fourth-order valence-corrected chi connectivity index (χ4v) is 3.79. The smallest absolute Gasteiger partial charge is 0.268 e. The fraction of sp³-hybridized carbons (Fsp3) is 0.350. The number of benzene rings is 2. The molecule has 7 heteroatoms. The van der Waals surface area contributed by atoms with Gasteiger partial charge in [0.1, 0.15) is 0 Å². The number of hydrazine groups is 1. The maximum absolute atomic E-state index is 12.7. The molecule has 0 fully saturated rings. The number of carbonyl (C=O) groups is 1. The van der Waals surface area contributed by atoms with Crippen LogP contribution in [-0.4, -0.2) is 32.1 Å². The molecule has 0 radical (unpaired) electrons. The van der Waals surface area contributed by atoms with E-state index in [1.54, 1.807) is 17.1 Å². The lowest BCUT2D eigenvalue weighted by atomic mass is 9.96. The highest BCUT2D eigenvalue weighted by atomic mass is 32.2. The van der Waals surface area contributed by atoms with Crippen LogP contribution in [0.25, 0.3) is 11.1 Å². The van der Waals surface area contributed by atoms with Gasteiger partial charge in [-0.25, -0.2) is 13.8 Å². The number of nitrogens with zero attached hydrogens (tertiary/aromatic N) is 1. The van der Waals surface area contributed by atoms with Crippen LogP contribution in [0.3, 0.4) is 0 Å². The van der Waals surface area contributed by atoms with Crippen LogP contribution in [0.4, 0.5) is 5.69 Å². The average Bonchev–Trinajstić information content (AvgIpc) is 2.88. The van der Waals surface area contributed by atoms with E-state index < -0.39 is 10.0 Å². The van der Waals surface area contributed by atoms with Gasteiger partial charge in [0.2, 0.25) is 10.0 Å². The van der Waals surface area contributed by atoms with Crippen molar-refractivity contribution in [2.45, 2.75) is 27.3 Å². The minimum atomic E-state index is -3.33. The first-order valence-corrected chi connectivity index (χ1v) is 10.8. The second-order valence-corrected chi connectivity index (χ2v) is 9.18. The van der Waals surface area contributed by atoms with Gasteiger partial charge >= 0.3 is 0 Å². The number of amides is 1. The topological polar surface area (TPSA) is 78.5 Å². The van der Waals surface area contributed by atoms with E-state index in [9.17, 15) is 13.2 Å². The number of sulfonamides is 1. The minimum Gasteiger partial charge on any atom is -0.284 e. The Hall–Kier alpha value is -2.38. The van der Waals surface area contributed by atoms with Gasteiger partial charge < -0.3 is 0 Å². The molecule has 27 heavy (non-hydrogen) atoms. The number of hydrogen-bond acceptors (Lipinski definition) is 4. The lowest BCUT2D eigenvalue weighted by Gasteiger charge is -2.18. The van der Waals surface area contributed by atoms with Crippen LogP contribution in [0.15, 0.2) is 36.4 Å². The Morgan fingerprint density at radius 2 is 1.89 bits per heavy atom. The summed E-state index contributed by atoms with van der Waals surface area (Å²) in [6, 6.07) is 11.2. The van der Waals surface area contributed by atoms with Crippen molar-refractivity contribution < 1.29 is 13.2 Å². The highest BCUT2D eigenvalue weighted by molar-refractivity contribution is 7.92. The van der Waals surface area contributed by atoms with Crippen LogP contribution in [0.5, 0.6) is 0 Å². The molecule has 0 aromatic heterocycles. The van der Waals surface area contributed by atoms with E-state index in [-0.39, 0.29) is 5.91 Å². The monoisotopic (exact) mass is 387 g/mol. The van der Waals surface area contributed by atoms with Crippen LogP contribution in [0.2, 0.25) is 0 Å². The molecule has 0 atom stereocenters. The molecular formula is C20H25N3O3S. The van der Waals surface area contributed by atoms with Gasteiger partial charge in [-0.1, -0.05) is 32.0 Å². The average molecular weight is 388 g/mol. The number of rotatable bonds is 6. The summed E-state index contributed by atoms with van der Waals surface area (Å²) in [5.41, 5.74) is 8.23. The molecule has 2 N–H and O–H groups in total. The van der Waals surface area contributed by atoms with Crippen LogP contribution >= 0.6 is 0 Å². The Kier molecular flexibility index (Phi) is 5.26. The Labute approximate surface area is 160 Å². The summed E-state index contributed by atoms with van der Waals surface area (Å²) in [6.45, 7) is 7.40. The van der Waals surface area contributed by atoms with Crippen molar-refractivity contribution in [1.29, 1.82) is 0 Å². The Balaban J connectivity index is 1.91. The zero-order valence-electron chi connectivity index (χ0n) is 16.0. The molecule has 1 heterocycles. The first kappa shape index (κ1) is 19.4. The molecule has 0 aliphatic carbocycles. The van der Waals surface area contributed by atoms with Crippen LogP contribution in [0, 0.1) is 12.8 Å². The van der Waals surface area contributed by atoms with Crippen molar-refractivity contribution in [3.05, 3.63) is 53.1 Å². The summed E-state index contributed by atoms with van der Waals surface area (Å²) in [5, 5.41) is 1.67. The number of carbonyl (C=O) groups excluding carboxylic acids is 1. The maximum atomic E-state index is 12.7. The van der Waals surface area contributed by atoms with E-state index in [1.165, 1.54) is 0 Å². The molecule has 1 amide bonds. The third kappa shape index (κ3) is 4.48. The molecule has 0 bridgehead atoms. The van der Waals surface area contributed by atoms with Crippen molar-refractivity contribution in [2.75, 3.05) is 17.5 Å². The summed E-state index contributed by atoms with van der Waals surface area (Å²) in [6.07, 6.45) is 1.13. The van der Waals surface area contributed by atoms with E-state index in [0.717, 1.165) is 40.6 Å². The first-order valence-electron chi connectivity index (χ1n) is 8.91. The predicted octanol–water partition coefficient (Wildman–Crippen LogP) is 3.15. The number of hydrogen-bond donors (Lipinski definition) is 2. The third-order valence-corrected chi connectivity index (χ3v) is 5.00. The zero-order chi connectivity index (χ0) is 19.8. The van der Waals surface area contributed by atoms with E-state index in [2.05, 4.69) is 24.0 Å². The molecule has 0 saturated carbocycles. The second kappa shape index (κ2) is 7.32. The van der Waals surface area contributed by atoms with Gasteiger partial charge in [-0.2, -0.15) is 0 Å². The lowest BCUT2D eigenvalue weighted by molar-refractivity contribution is 0.0675. The fourth-order valence-electron chi connectivity index (χ4n) is 3.23. The summed E-state index contributed by atoms with van der Waals surface area (Å²) in [5.74, 6) is 0.449. The molecule has 0 spiro atoms. The molecule has 0 saturated heterocycles. The third-order valence-electron chi connectivity index (χ3n) is 4.39. The van der Waals surface area contributed by atoms with Gasteiger partial charge in [0.15, 0.2) is 0 Å². The molecule has 2 aromatic carbocycles. The summed E-state index contributed by atoms with van der Waals surface area (Å²) >= 11 is 0. The molecule has 0 unspecified atom stereocenters. The van der Waals surface area contributed by atoms with E-state index in [1.807, 2.05) is 31.2 Å². The standard InChI is InChI=1S/C20H25N3O3S/c1-13(2)11-21-23-12-17-9-16(8-14(3)19(17)20(23)24)15-6-5-7-18(10-15)22-27(4,25)26/h5-10,13,21-22H,11-12H2,1-4H3. The summed E-state index contributed by atoms with van der Waals surface area (Å²) in [7, 11) is -3.33. The Morgan fingerprint density at radius 3 is 2.56 bits per heavy atom. The minimum absolute atomic E-state index is 0.00203. The van der Waals surface area contributed by atoms with E-state index >= 15 is 0 Å². The van der Waals surface area contributed by atoms with Crippen LogP contribution in [0.1, 0.15) is 35.3 Å². The highest BCUT2D eigenvalue weighted by Gasteiger charge is 2.29. The molecule has 144 valence electrons. The van der Waals surface area contributed by atoms with Crippen LogP contribution in [-0.2, 0) is 16.6 Å². The van der Waals surface area contributed by atoms with Crippen molar-refractivity contribution in [3.63, 3.8) is 0 Å². The second-order valence-electron chi connectivity index (χ2n) is 7.43. The van der Waals surface area contributed by atoms with Crippen LogP contribution < -0.4 is 10.1 Å². The van der Waals surface area contributed by atoms with Gasteiger partial charge in [-0.05, 0) is 53.3 Å². The lowest BCUT2D eigenvalue weighted by Crippen LogP contribution is -2.40. The first-order chi connectivity index (χ1) is 12.6. The van der Waals surface area contributed by atoms with Crippen molar-refractivity contribution in [2.24, 2.45) is 5.92 Å². The number of anilines is 1. The van der Waals surface area contributed by atoms with Gasteiger partial charge in [-0.15, -0.1) is 0 Å². The quantitative estimate of drug-likeness (QED) is 0.798. The van der Waals surface area contributed by atoms with Crippen molar-refractivity contribution in [1.82, 2.24) is 10.4 Å². The molecule has 6 nitrogen and oxygen atoms in total. The van der Waals surface area contributed by atoms with Gasteiger partial charge in [0.05, 0.1) is 12.8 Å². The Bertz CT molecular complexity index is 984. The summed E-state index contributed by atoms with van der Waals surface area (Å²) < 4.78 is 25.5. The number of aryl methyl sites for hydroxylation is 1. The number of nitrogens with one attached hydrogen (secondary N) is 2. The molecule has 3 rings (SSSR count). The highest BCUT2D eigenvalue weighted by Crippen LogP contribution is 2.31. The largest absolute Gasteiger partial charge is 0.284 e. The predicted molar refractivity (Wildman–Crippen MR) is 108 cm³/mol. The molecule has 2 aromatic rings. The SMILES string of the molecule is Cc1cc(-c2cccc(NS(C)(=O)=O)c2)cc2c1C(=O)N(NCC(C)C)C2. The molecule has 1 aliphatic rings. The molecule has 1 aliphatic heterocycles. The van der Waals surface area contributed by atoms with E-state index in [4.69, 9.17) is 0 Å². The normalized spacial score (nSPS) is 14.0. The zero-order valence-corrected chi connectivity index (χ0v) is 16.9. The van der Waals surface area contributed by atoms with Gasteiger partial charge in [-0.3, -0.25) is 14.5 Å². The van der Waals surface area contributed by atoms with Crippen molar-refractivity contribution in [3.8, 4) is 11.1 Å². The van der Waals surface area contributed by atoms with E-state index in [0.29, 0.717) is 18.2 Å². The Morgan fingerprint density at radius 1 is 1.15 bits per heavy atom. The summed E-state index contributed by atoms with van der Waals surface area (Å²) in [4.78, 5) is 12.7. The van der Waals surface area contributed by atoms with Gasteiger partial charge in [0, 0.05) is 17.8 Å². The van der Waals surface area contributed by atoms with Gasteiger partial charge in [0.25, 0.3) is 5.91 Å². The number of fused-ring (bicyclic) bond motifs is 1. The molecular weight excluding hydrogens is 362 g/mol. The van der Waals surface area contributed by atoms with Crippen molar-refractivity contribution >= 4 is 21.6 Å².